The van der Waals surface area contributed by atoms with E-state index in [2.05, 4.69) is 26.2 Å². The number of hydrogen-bond acceptors (Lipinski definition) is 3. The normalized spacial score (nSPS) is 24.1. The average molecular weight is 312 g/mol. The zero-order valence-electron chi connectivity index (χ0n) is 10.2. The van der Waals surface area contributed by atoms with Gasteiger partial charge in [0, 0.05) is 10.7 Å². The SMILES string of the molecule is CCC1NC(=O)C(C)N(c2cncc(Br)c2)C1=O. The van der Waals surface area contributed by atoms with Crippen LogP contribution in [0.25, 0.3) is 0 Å². The Labute approximate surface area is 114 Å². The highest BCUT2D eigenvalue weighted by Crippen LogP contribution is 2.24. The lowest BCUT2D eigenvalue weighted by Gasteiger charge is -2.36. The molecule has 2 rings (SSSR count). The highest BCUT2D eigenvalue weighted by Gasteiger charge is 2.38. The molecule has 0 saturated carbocycles. The van der Waals surface area contributed by atoms with Crippen molar-refractivity contribution in [3.8, 4) is 0 Å². The highest BCUT2D eigenvalue weighted by atomic mass is 79.9. The van der Waals surface area contributed by atoms with E-state index in [-0.39, 0.29) is 11.8 Å². The second kappa shape index (κ2) is 5.06. The molecule has 1 aromatic heterocycles. The second-order valence-corrected chi connectivity index (χ2v) is 5.13. The summed E-state index contributed by atoms with van der Waals surface area (Å²) in [6, 6.07) is 0.816. The molecule has 2 amide bonds. The Bertz CT molecular complexity index is 492. The van der Waals surface area contributed by atoms with Gasteiger partial charge in [-0.2, -0.15) is 0 Å². The van der Waals surface area contributed by atoms with Crippen LogP contribution >= 0.6 is 15.9 Å². The number of rotatable bonds is 2. The number of amides is 2. The number of carbonyl (C=O) groups is 2. The molecule has 1 saturated heterocycles. The number of pyridine rings is 1. The zero-order chi connectivity index (χ0) is 13.3. The molecule has 2 heterocycles. The molecule has 5 nitrogen and oxygen atoms in total. The fraction of sp³-hybridized carbons (Fsp3) is 0.417. The van der Waals surface area contributed by atoms with E-state index in [0.29, 0.717) is 12.1 Å². The Hall–Kier alpha value is -1.43. The fourth-order valence-corrected chi connectivity index (χ4v) is 2.34. The number of halogens is 1. The van der Waals surface area contributed by atoms with Gasteiger partial charge < -0.3 is 5.32 Å². The topological polar surface area (TPSA) is 62.3 Å². The second-order valence-electron chi connectivity index (χ2n) is 4.21. The number of hydrogen-bond donors (Lipinski definition) is 1. The Kier molecular flexibility index (Phi) is 3.65. The molecule has 1 aromatic rings. The molecular weight excluding hydrogens is 298 g/mol. The fourth-order valence-electron chi connectivity index (χ4n) is 1.99. The Morgan fingerprint density at radius 3 is 2.78 bits per heavy atom. The van der Waals surface area contributed by atoms with Crippen molar-refractivity contribution < 1.29 is 9.59 Å². The molecule has 2 unspecified atom stereocenters. The van der Waals surface area contributed by atoms with Crippen molar-refractivity contribution in [2.75, 3.05) is 4.90 Å². The predicted octanol–water partition coefficient (Wildman–Crippen LogP) is 1.47. The summed E-state index contributed by atoms with van der Waals surface area (Å²) in [6.07, 6.45) is 3.81. The number of nitrogens with zero attached hydrogens (tertiary/aromatic N) is 2. The van der Waals surface area contributed by atoms with Crippen LogP contribution in [-0.2, 0) is 9.59 Å². The van der Waals surface area contributed by atoms with Gasteiger partial charge in [0.1, 0.15) is 12.1 Å². The predicted molar refractivity (Wildman–Crippen MR) is 71.1 cm³/mol. The first-order chi connectivity index (χ1) is 8.54. The summed E-state index contributed by atoms with van der Waals surface area (Å²) in [5.41, 5.74) is 0.634. The molecule has 18 heavy (non-hydrogen) atoms. The van der Waals surface area contributed by atoms with Crippen LogP contribution in [0.1, 0.15) is 20.3 Å². The summed E-state index contributed by atoms with van der Waals surface area (Å²) >= 11 is 3.31. The van der Waals surface area contributed by atoms with Crippen LogP contribution in [0.2, 0.25) is 0 Å². The maximum atomic E-state index is 12.3. The lowest BCUT2D eigenvalue weighted by atomic mass is 10.1. The summed E-state index contributed by atoms with van der Waals surface area (Å²) in [6.45, 7) is 3.58. The van der Waals surface area contributed by atoms with Crippen LogP contribution in [0.4, 0.5) is 5.69 Å². The third kappa shape index (κ3) is 2.25. The van der Waals surface area contributed by atoms with Crippen LogP contribution in [0, 0.1) is 0 Å². The first-order valence-corrected chi connectivity index (χ1v) is 6.58. The molecule has 96 valence electrons. The quantitative estimate of drug-likeness (QED) is 0.899. The van der Waals surface area contributed by atoms with Crippen LogP contribution in [-0.4, -0.2) is 28.9 Å². The largest absolute Gasteiger partial charge is 0.343 e. The Morgan fingerprint density at radius 1 is 1.44 bits per heavy atom. The number of nitrogens with one attached hydrogen (secondary N) is 1. The van der Waals surface area contributed by atoms with Crippen molar-refractivity contribution in [1.82, 2.24) is 10.3 Å². The summed E-state index contributed by atoms with van der Waals surface area (Å²) in [4.78, 5) is 29.7. The molecule has 1 N–H and O–H groups in total. The first kappa shape index (κ1) is 13.0. The van der Waals surface area contributed by atoms with E-state index in [1.54, 1.807) is 25.4 Å². The van der Waals surface area contributed by atoms with Crippen LogP contribution in [0.15, 0.2) is 22.9 Å². The average Bonchev–Trinajstić information content (AvgIpc) is 2.34. The molecule has 0 radical (unpaired) electrons. The third-order valence-electron chi connectivity index (χ3n) is 3.00. The minimum atomic E-state index is -0.517. The van der Waals surface area contributed by atoms with Gasteiger partial charge in [0.25, 0.3) is 0 Å². The number of carbonyl (C=O) groups excluding carboxylic acids is 2. The maximum Gasteiger partial charge on any atom is 0.250 e. The van der Waals surface area contributed by atoms with Gasteiger partial charge in [-0.15, -0.1) is 0 Å². The van der Waals surface area contributed by atoms with Gasteiger partial charge in [-0.3, -0.25) is 19.5 Å². The van der Waals surface area contributed by atoms with E-state index in [0.717, 1.165) is 4.47 Å². The van der Waals surface area contributed by atoms with Gasteiger partial charge in [-0.25, -0.2) is 0 Å². The van der Waals surface area contributed by atoms with E-state index >= 15 is 0 Å². The lowest BCUT2D eigenvalue weighted by molar-refractivity contribution is -0.133. The van der Waals surface area contributed by atoms with Crippen molar-refractivity contribution in [2.24, 2.45) is 0 Å². The molecule has 0 aliphatic carbocycles. The van der Waals surface area contributed by atoms with Gasteiger partial charge in [-0.1, -0.05) is 6.92 Å². The molecule has 1 aliphatic heterocycles. The first-order valence-electron chi connectivity index (χ1n) is 5.78. The summed E-state index contributed by atoms with van der Waals surface area (Å²) in [5.74, 6) is -0.231. The molecule has 0 aromatic carbocycles. The minimum absolute atomic E-state index is 0.0931. The van der Waals surface area contributed by atoms with E-state index < -0.39 is 12.1 Å². The number of anilines is 1. The highest BCUT2D eigenvalue weighted by molar-refractivity contribution is 9.10. The van der Waals surface area contributed by atoms with Crippen molar-refractivity contribution in [1.29, 1.82) is 0 Å². The van der Waals surface area contributed by atoms with E-state index in [1.165, 1.54) is 4.90 Å². The monoisotopic (exact) mass is 311 g/mol. The molecular formula is C12H14BrN3O2. The summed E-state index contributed by atoms with van der Waals surface area (Å²) < 4.78 is 0.777. The Morgan fingerprint density at radius 2 is 2.17 bits per heavy atom. The number of aromatic nitrogens is 1. The summed E-state index contributed by atoms with van der Waals surface area (Å²) in [7, 11) is 0. The molecule has 1 fully saturated rings. The zero-order valence-corrected chi connectivity index (χ0v) is 11.8. The molecule has 0 bridgehead atoms. The Balaban J connectivity index is 2.39. The van der Waals surface area contributed by atoms with Crippen LogP contribution < -0.4 is 10.2 Å². The van der Waals surface area contributed by atoms with E-state index in [4.69, 9.17) is 0 Å². The van der Waals surface area contributed by atoms with Gasteiger partial charge in [-0.05, 0) is 35.3 Å². The van der Waals surface area contributed by atoms with Crippen molar-refractivity contribution in [3.05, 3.63) is 22.9 Å². The van der Waals surface area contributed by atoms with E-state index in [1.807, 2.05) is 6.92 Å². The maximum absolute atomic E-state index is 12.3. The van der Waals surface area contributed by atoms with Crippen molar-refractivity contribution >= 4 is 33.4 Å². The minimum Gasteiger partial charge on any atom is -0.343 e. The molecule has 2 atom stereocenters. The van der Waals surface area contributed by atoms with Gasteiger partial charge in [0.2, 0.25) is 11.8 Å². The van der Waals surface area contributed by atoms with Crippen molar-refractivity contribution in [3.63, 3.8) is 0 Å². The van der Waals surface area contributed by atoms with Gasteiger partial charge in [0.05, 0.1) is 11.9 Å². The van der Waals surface area contributed by atoms with Crippen LogP contribution in [0.3, 0.4) is 0 Å². The van der Waals surface area contributed by atoms with E-state index in [9.17, 15) is 9.59 Å². The van der Waals surface area contributed by atoms with Gasteiger partial charge >= 0.3 is 0 Å². The molecule has 0 spiro atoms. The lowest BCUT2D eigenvalue weighted by Crippen LogP contribution is -2.62. The van der Waals surface area contributed by atoms with Crippen LogP contribution in [0.5, 0.6) is 0 Å². The molecule has 1 aliphatic rings. The molecule has 6 heteroatoms. The number of piperazine rings is 1. The third-order valence-corrected chi connectivity index (χ3v) is 3.43. The smallest absolute Gasteiger partial charge is 0.250 e. The summed E-state index contributed by atoms with van der Waals surface area (Å²) in [5, 5.41) is 2.72. The van der Waals surface area contributed by atoms with Gasteiger partial charge in [0.15, 0.2) is 0 Å². The standard InChI is InChI=1S/C12H14BrN3O2/c1-3-10-12(18)16(7(2)11(17)15-10)9-4-8(13)5-14-6-9/h4-7,10H,3H2,1-2H3,(H,15,17). The van der Waals surface area contributed by atoms with Crippen molar-refractivity contribution in [2.45, 2.75) is 32.4 Å².